The number of para-hydroxylation sites is 1. The molecule has 0 bridgehead atoms. The lowest BCUT2D eigenvalue weighted by Gasteiger charge is -2.26. The lowest BCUT2D eigenvalue weighted by Crippen LogP contribution is -2.44. The van der Waals surface area contributed by atoms with Gasteiger partial charge in [0, 0.05) is 24.5 Å². The molecule has 8 heteroatoms. The average molecular weight is 413 g/mol. The monoisotopic (exact) mass is 412 g/mol. The number of rotatable bonds is 4. The Hall–Kier alpha value is -2.63. The number of nitrogens with zero attached hydrogens (tertiary/aromatic N) is 3. The van der Waals surface area contributed by atoms with Gasteiger partial charge in [0.25, 0.3) is 0 Å². The van der Waals surface area contributed by atoms with Crippen LogP contribution in [-0.4, -0.2) is 54.9 Å². The topological polar surface area (TPSA) is 95.2 Å². The summed E-state index contributed by atoms with van der Waals surface area (Å²) in [4.78, 5) is 14.6. The van der Waals surface area contributed by atoms with Crippen molar-refractivity contribution >= 4 is 21.6 Å². The number of fused-ring (bicyclic) bond motifs is 1. The van der Waals surface area contributed by atoms with Crippen molar-refractivity contribution in [1.29, 1.82) is 5.26 Å². The van der Waals surface area contributed by atoms with E-state index in [0.717, 1.165) is 42.6 Å². The molecule has 0 unspecified atom stereocenters. The van der Waals surface area contributed by atoms with E-state index in [1.54, 1.807) is 0 Å². The van der Waals surface area contributed by atoms with Gasteiger partial charge in [-0.05, 0) is 43.4 Å². The van der Waals surface area contributed by atoms with Crippen LogP contribution in [0.15, 0.2) is 30.3 Å². The molecule has 7 nitrogen and oxygen atoms in total. The summed E-state index contributed by atoms with van der Waals surface area (Å²) >= 11 is 0. The Labute approximate surface area is 170 Å². The highest BCUT2D eigenvalue weighted by molar-refractivity contribution is 7.91. The summed E-state index contributed by atoms with van der Waals surface area (Å²) in [6, 6.07) is 12.1. The van der Waals surface area contributed by atoms with Crippen molar-refractivity contribution in [2.45, 2.75) is 25.7 Å². The molecule has 29 heavy (non-hydrogen) atoms. The third-order valence-corrected chi connectivity index (χ3v) is 7.27. The van der Waals surface area contributed by atoms with Gasteiger partial charge in [-0.1, -0.05) is 18.2 Å². The fourth-order valence-corrected chi connectivity index (χ4v) is 5.46. The van der Waals surface area contributed by atoms with E-state index in [4.69, 9.17) is 0 Å². The highest BCUT2D eigenvalue weighted by Crippen LogP contribution is 2.35. The number of benzene rings is 1. The second kappa shape index (κ2) is 8.01. The zero-order chi connectivity index (χ0) is 20.4. The van der Waals surface area contributed by atoms with Crippen LogP contribution < -0.4 is 5.32 Å². The molecular weight excluding hydrogens is 388 g/mol. The minimum atomic E-state index is -2.99. The summed E-state index contributed by atoms with van der Waals surface area (Å²) in [7, 11) is -2.99. The first kappa shape index (κ1) is 19.7. The molecular formula is C21H24N4O3S. The van der Waals surface area contributed by atoms with Gasteiger partial charge >= 0.3 is 0 Å². The smallest absolute Gasteiger partial charge is 0.239 e. The predicted molar refractivity (Wildman–Crippen MR) is 111 cm³/mol. The number of hydrogen-bond acceptors (Lipinski definition) is 5. The van der Waals surface area contributed by atoms with Crippen LogP contribution in [0.2, 0.25) is 0 Å². The number of nitriles is 1. The van der Waals surface area contributed by atoms with Gasteiger partial charge in [0.1, 0.15) is 11.9 Å². The second-order valence-electron chi connectivity index (χ2n) is 7.61. The SMILES string of the molecule is N#Cc1c2c(n(-c3ccccc3)c1NC(=O)CN1CCS(=O)(=O)CC1)CCCC2. The average Bonchev–Trinajstić information content (AvgIpc) is 3.03. The van der Waals surface area contributed by atoms with Gasteiger partial charge in [-0.15, -0.1) is 0 Å². The maximum Gasteiger partial charge on any atom is 0.239 e. The molecule has 1 aromatic carbocycles. The van der Waals surface area contributed by atoms with Crippen LogP contribution in [0.1, 0.15) is 29.7 Å². The van der Waals surface area contributed by atoms with E-state index in [2.05, 4.69) is 11.4 Å². The first-order valence-electron chi connectivity index (χ1n) is 9.93. The number of carbonyl (C=O) groups excluding carboxylic acids is 1. The number of amides is 1. The number of nitrogens with one attached hydrogen (secondary N) is 1. The first-order valence-corrected chi connectivity index (χ1v) is 11.8. The van der Waals surface area contributed by atoms with E-state index in [0.29, 0.717) is 24.5 Å². The lowest BCUT2D eigenvalue weighted by molar-refractivity contribution is -0.117. The Bertz CT molecular complexity index is 1050. The molecule has 2 heterocycles. The third kappa shape index (κ3) is 4.07. The van der Waals surface area contributed by atoms with Gasteiger partial charge in [-0.2, -0.15) is 5.26 Å². The lowest BCUT2D eigenvalue weighted by atomic mass is 9.95. The largest absolute Gasteiger partial charge is 0.310 e. The van der Waals surface area contributed by atoms with Crippen molar-refractivity contribution in [3.63, 3.8) is 0 Å². The minimum Gasteiger partial charge on any atom is -0.310 e. The van der Waals surface area contributed by atoms with Crippen molar-refractivity contribution in [2.75, 3.05) is 36.5 Å². The number of hydrogen-bond donors (Lipinski definition) is 1. The van der Waals surface area contributed by atoms with Crippen molar-refractivity contribution in [2.24, 2.45) is 0 Å². The molecule has 1 aliphatic carbocycles. The van der Waals surface area contributed by atoms with Crippen LogP contribution in [0, 0.1) is 11.3 Å². The summed E-state index contributed by atoms with van der Waals surface area (Å²) in [5.74, 6) is 0.463. The van der Waals surface area contributed by atoms with E-state index in [-0.39, 0.29) is 24.0 Å². The summed E-state index contributed by atoms with van der Waals surface area (Å²) < 4.78 is 25.2. The molecule has 1 saturated heterocycles. The van der Waals surface area contributed by atoms with Gasteiger partial charge in [-0.3, -0.25) is 14.3 Å². The van der Waals surface area contributed by atoms with Crippen molar-refractivity contribution in [1.82, 2.24) is 9.47 Å². The summed E-state index contributed by atoms with van der Waals surface area (Å²) in [5.41, 5.74) is 3.59. The van der Waals surface area contributed by atoms with E-state index >= 15 is 0 Å². The number of aromatic nitrogens is 1. The molecule has 4 rings (SSSR count). The Kier molecular flexibility index (Phi) is 5.43. The molecule has 1 aliphatic heterocycles. The molecule has 2 aliphatic rings. The molecule has 1 N–H and O–H groups in total. The number of anilines is 1. The molecule has 152 valence electrons. The molecule has 1 aromatic heterocycles. The Morgan fingerprint density at radius 3 is 2.48 bits per heavy atom. The van der Waals surface area contributed by atoms with E-state index in [9.17, 15) is 18.5 Å². The Balaban J connectivity index is 1.64. The van der Waals surface area contributed by atoms with Crippen LogP contribution in [0.25, 0.3) is 5.69 Å². The molecule has 1 amide bonds. The zero-order valence-electron chi connectivity index (χ0n) is 16.2. The molecule has 2 aromatic rings. The van der Waals surface area contributed by atoms with Gasteiger partial charge in [0.2, 0.25) is 5.91 Å². The van der Waals surface area contributed by atoms with Gasteiger partial charge in [0.15, 0.2) is 9.84 Å². The molecule has 0 saturated carbocycles. The Morgan fingerprint density at radius 2 is 1.79 bits per heavy atom. The van der Waals surface area contributed by atoms with Crippen LogP contribution in [-0.2, 0) is 27.5 Å². The molecule has 0 atom stereocenters. The minimum absolute atomic E-state index is 0.0818. The zero-order valence-corrected chi connectivity index (χ0v) is 17.0. The maximum absolute atomic E-state index is 12.8. The molecule has 0 spiro atoms. The molecule has 1 fully saturated rings. The van der Waals surface area contributed by atoms with Crippen molar-refractivity contribution < 1.29 is 13.2 Å². The fraction of sp³-hybridized carbons (Fsp3) is 0.429. The van der Waals surface area contributed by atoms with Gasteiger partial charge in [0.05, 0.1) is 23.6 Å². The quantitative estimate of drug-likeness (QED) is 0.828. The summed E-state index contributed by atoms with van der Waals surface area (Å²) in [5, 5.41) is 12.8. The second-order valence-corrected chi connectivity index (χ2v) is 9.92. The highest BCUT2D eigenvalue weighted by Gasteiger charge is 2.28. The predicted octanol–water partition coefficient (Wildman–Crippen LogP) is 1.90. The highest BCUT2D eigenvalue weighted by atomic mass is 32.2. The van der Waals surface area contributed by atoms with Crippen LogP contribution in [0.4, 0.5) is 5.82 Å². The van der Waals surface area contributed by atoms with Crippen LogP contribution >= 0.6 is 0 Å². The third-order valence-electron chi connectivity index (χ3n) is 5.66. The van der Waals surface area contributed by atoms with Gasteiger partial charge < -0.3 is 5.32 Å². The van der Waals surface area contributed by atoms with Crippen molar-refractivity contribution in [3.8, 4) is 11.8 Å². The van der Waals surface area contributed by atoms with Crippen LogP contribution in [0.5, 0.6) is 0 Å². The van der Waals surface area contributed by atoms with Crippen LogP contribution in [0.3, 0.4) is 0 Å². The van der Waals surface area contributed by atoms with E-state index in [1.807, 2.05) is 39.8 Å². The van der Waals surface area contributed by atoms with E-state index < -0.39 is 9.84 Å². The molecule has 0 radical (unpaired) electrons. The first-order chi connectivity index (χ1) is 14.0. The fourth-order valence-electron chi connectivity index (χ4n) is 4.18. The number of sulfone groups is 1. The number of carbonyl (C=O) groups is 1. The Morgan fingerprint density at radius 1 is 1.10 bits per heavy atom. The maximum atomic E-state index is 12.8. The normalized spacial score (nSPS) is 18.6. The van der Waals surface area contributed by atoms with Gasteiger partial charge in [-0.25, -0.2) is 8.42 Å². The summed E-state index contributed by atoms with van der Waals surface area (Å²) in [6.07, 6.45) is 3.81. The van der Waals surface area contributed by atoms with Crippen molar-refractivity contribution in [3.05, 3.63) is 47.2 Å². The standard InChI is InChI=1S/C21H24N4O3S/c22-14-18-17-8-4-5-9-19(17)25(16-6-2-1-3-7-16)21(18)23-20(26)15-24-10-12-29(27,28)13-11-24/h1-3,6-7H,4-5,8-13,15H2,(H,23,26). The van der Waals surface area contributed by atoms with E-state index in [1.165, 1.54) is 0 Å². The summed E-state index contributed by atoms with van der Waals surface area (Å²) in [6.45, 7) is 0.832.